The molecule has 0 amide bonds. The predicted octanol–water partition coefficient (Wildman–Crippen LogP) is 3.05. The summed E-state index contributed by atoms with van der Waals surface area (Å²) in [5.74, 6) is 4.09. The van der Waals surface area contributed by atoms with E-state index in [0.717, 1.165) is 12.8 Å². The van der Waals surface area contributed by atoms with E-state index >= 15 is 0 Å². The third-order valence-corrected chi connectivity index (χ3v) is 4.49. The van der Waals surface area contributed by atoms with Crippen LogP contribution in [0.25, 0.3) is 0 Å². The van der Waals surface area contributed by atoms with E-state index in [-0.39, 0.29) is 5.79 Å². The van der Waals surface area contributed by atoms with Gasteiger partial charge in [0.15, 0.2) is 0 Å². The lowest BCUT2D eigenvalue weighted by molar-refractivity contribution is -0.245. The van der Waals surface area contributed by atoms with Crippen molar-refractivity contribution in [2.75, 3.05) is 0 Å². The molecule has 2 aliphatic carbocycles. The summed E-state index contributed by atoms with van der Waals surface area (Å²) in [5, 5.41) is 0. The topological polar surface area (TPSA) is 18.5 Å². The first-order valence-corrected chi connectivity index (χ1v) is 9.73. The second kappa shape index (κ2) is 3.43. The summed E-state index contributed by atoms with van der Waals surface area (Å²) in [6.45, 7) is 6.83. The van der Waals surface area contributed by atoms with Gasteiger partial charge in [0.1, 0.15) is 20.6 Å². The highest BCUT2D eigenvalue weighted by molar-refractivity contribution is 6.83. The Kier molecular flexibility index (Phi) is 2.21. The number of fused-ring (bicyclic) bond motifs is 2. The van der Waals surface area contributed by atoms with Crippen molar-refractivity contribution in [2.24, 2.45) is 11.8 Å². The van der Waals surface area contributed by atoms with Crippen molar-refractivity contribution in [1.82, 2.24) is 0 Å². The van der Waals surface area contributed by atoms with Gasteiger partial charge >= 0.3 is 0 Å². The molecule has 2 atom stereocenters. The minimum Gasteiger partial charge on any atom is -0.456 e. The minimum atomic E-state index is -1.27. The van der Waals surface area contributed by atoms with Gasteiger partial charge in [0.25, 0.3) is 5.79 Å². The Balaban J connectivity index is 1.74. The summed E-state index contributed by atoms with van der Waals surface area (Å²) in [6, 6.07) is 0. The molecule has 0 unspecified atom stereocenters. The van der Waals surface area contributed by atoms with E-state index in [2.05, 4.69) is 37.2 Å². The van der Waals surface area contributed by atoms with Gasteiger partial charge in [-0.25, -0.2) is 0 Å². The van der Waals surface area contributed by atoms with E-state index in [0.29, 0.717) is 11.8 Å². The summed E-state index contributed by atoms with van der Waals surface area (Å²) in [5.41, 5.74) is 4.73. The molecule has 1 spiro atoms. The van der Waals surface area contributed by atoms with Crippen LogP contribution in [0.3, 0.4) is 0 Å². The number of rotatable bonds is 0. The van der Waals surface area contributed by atoms with Gasteiger partial charge in [0.2, 0.25) is 0 Å². The van der Waals surface area contributed by atoms with E-state index in [1.165, 1.54) is 5.57 Å². The van der Waals surface area contributed by atoms with Crippen LogP contribution in [0.1, 0.15) is 12.8 Å². The van der Waals surface area contributed by atoms with Crippen molar-refractivity contribution < 1.29 is 9.47 Å². The summed E-state index contributed by atoms with van der Waals surface area (Å²) < 4.78 is 11.2. The molecule has 1 aliphatic heterocycles. The van der Waals surface area contributed by atoms with Crippen molar-refractivity contribution >= 4 is 8.07 Å². The van der Waals surface area contributed by atoms with Crippen molar-refractivity contribution in [3.8, 4) is 11.5 Å². The standard InChI is InChI=1S/C14H18O2Si/c1-17(2,3)7-4-11-8-12-10-14(13(12)9-11)15-5-6-16-14/h5-6,9,12-13H,8,10H2,1-3H3/t12-,13-/m1/s1. The largest absolute Gasteiger partial charge is 0.456 e. The van der Waals surface area contributed by atoms with Crippen LogP contribution < -0.4 is 0 Å². The van der Waals surface area contributed by atoms with Gasteiger partial charge in [0, 0.05) is 6.42 Å². The van der Waals surface area contributed by atoms with Crippen molar-refractivity contribution in [2.45, 2.75) is 38.3 Å². The Morgan fingerprint density at radius 3 is 2.65 bits per heavy atom. The molecule has 3 rings (SSSR count). The Hall–Kier alpha value is -1.14. The molecule has 1 heterocycles. The second-order valence-corrected chi connectivity index (χ2v) is 11.0. The molecule has 0 bridgehead atoms. The first-order valence-electron chi connectivity index (χ1n) is 6.23. The maximum atomic E-state index is 5.60. The van der Waals surface area contributed by atoms with Crippen LogP contribution in [-0.4, -0.2) is 13.9 Å². The third kappa shape index (κ3) is 1.81. The highest BCUT2D eigenvalue weighted by atomic mass is 28.3. The van der Waals surface area contributed by atoms with Crippen LogP contribution in [0.2, 0.25) is 19.6 Å². The zero-order valence-electron chi connectivity index (χ0n) is 10.6. The fourth-order valence-electron chi connectivity index (χ4n) is 2.78. The molecular formula is C14H18O2Si. The van der Waals surface area contributed by atoms with E-state index < -0.39 is 8.07 Å². The molecule has 1 fully saturated rings. The summed E-state index contributed by atoms with van der Waals surface area (Å²) >= 11 is 0. The number of hydrogen-bond donors (Lipinski definition) is 0. The SMILES string of the molecule is C[Si](C)(C)C#CC1=C[C@@H]2[C@H](C1)CC21OC=CO1. The lowest BCUT2D eigenvalue weighted by Gasteiger charge is -2.46. The van der Waals surface area contributed by atoms with Gasteiger partial charge < -0.3 is 9.47 Å². The number of ether oxygens (including phenoxy) is 2. The monoisotopic (exact) mass is 246 g/mol. The van der Waals surface area contributed by atoms with Crippen molar-refractivity contribution in [3.63, 3.8) is 0 Å². The average molecular weight is 246 g/mol. The molecule has 0 saturated heterocycles. The summed E-state index contributed by atoms with van der Waals surface area (Å²) in [6.07, 6.45) is 7.70. The van der Waals surface area contributed by atoms with Crippen LogP contribution in [0.15, 0.2) is 24.2 Å². The van der Waals surface area contributed by atoms with Gasteiger partial charge in [-0.15, -0.1) is 5.54 Å². The van der Waals surface area contributed by atoms with Gasteiger partial charge in [-0.1, -0.05) is 31.6 Å². The molecule has 17 heavy (non-hydrogen) atoms. The average Bonchev–Trinajstić information content (AvgIpc) is 2.79. The van der Waals surface area contributed by atoms with E-state index in [1.807, 2.05) is 0 Å². The van der Waals surface area contributed by atoms with Crippen LogP contribution in [-0.2, 0) is 9.47 Å². The number of hydrogen-bond acceptors (Lipinski definition) is 2. The Labute approximate surface area is 104 Å². The smallest absolute Gasteiger partial charge is 0.256 e. The molecule has 3 heteroatoms. The third-order valence-electron chi connectivity index (χ3n) is 3.61. The minimum absolute atomic E-state index is 0.368. The Morgan fingerprint density at radius 1 is 1.29 bits per heavy atom. The highest BCUT2D eigenvalue weighted by Crippen LogP contribution is 2.56. The zero-order valence-corrected chi connectivity index (χ0v) is 11.6. The van der Waals surface area contributed by atoms with E-state index in [1.54, 1.807) is 12.5 Å². The van der Waals surface area contributed by atoms with Gasteiger partial charge in [-0.05, 0) is 17.9 Å². The fraction of sp³-hybridized carbons (Fsp3) is 0.571. The molecule has 2 nitrogen and oxygen atoms in total. The predicted molar refractivity (Wildman–Crippen MR) is 69.5 cm³/mol. The van der Waals surface area contributed by atoms with Crippen molar-refractivity contribution in [1.29, 1.82) is 0 Å². The Bertz CT molecular complexity index is 451. The molecule has 1 saturated carbocycles. The molecule has 0 N–H and O–H groups in total. The van der Waals surface area contributed by atoms with E-state index in [4.69, 9.17) is 9.47 Å². The van der Waals surface area contributed by atoms with E-state index in [9.17, 15) is 0 Å². The first kappa shape index (κ1) is 11.0. The van der Waals surface area contributed by atoms with Crippen molar-refractivity contribution in [3.05, 3.63) is 24.2 Å². The summed E-state index contributed by atoms with van der Waals surface area (Å²) in [7, 11) is -1.27. The maximum Gasteiger partial charge on any atom is 0.256 e. The molecule has 3 aliphatic rings. The van der Waals surface area contributed by atoms with Crippen LogP contribution in [0, 0.1) is 23.3 Å². The lowest BCUT2D eigenvalue weighted by atomic mass is 9.70. The Morgan fingerprint density at radius 2 is 2.00 bits per heavy atom. The van der Waals surface area contributed by atoms with Gasteiger partial charge in [0.05, 0.1) is 5.92 Å². The summed E-state index contributed by atoms with van der Waals surface area (Å²) in [4.78, 5) is 0. The molecule has 0 radical (unpaired) electrons. The molecule has 0 aromatic rings. The van der Waals surface area contributed by atoms with Gasteiger partial charge in [-0.3, -0.25) is 0 Å². The van der Waals surface area contributed by atoms with Crippen LogP contribution in [0.4, 0.5) is 0 Å². The van der Waals surface area contributed by atoms with Gasteiger partial charge in [-0.2, -0.15) is 0 Å². The molecule has 0 aromatic carbocycles. The zero-order chi connectivity index (χ0) is 12.1. The fourth-order valence-corrected chi connectivity index (χ4v) is 3.32. The first-order chi connectivity index (χ1) is 7.99. The maximum absolute atomic E-state index is 5.60. The molecule has 90 valence electrons. The quantitative estimate of drug-likeness (QED) is 0.483. The lowest BCUT2D eigenvalue weighted by Crippen LogP contribution is -2.52. The van der Waals surface area contributed by atoms with Crippen LogP contribution in [0.5, 0.6) is 0 Å². The molecule has 0 aromatic heterocycles. The number of allylic oxidation sites excluding steroid dienone is 1. The normalized spacial score (nSPS) is 31.8. The second-order valence-electron chi connectivity index (χ2n) is 6.21. The molecular weight excluding hydrogens is 228 g/mol. The van der Waals surface area contributed by atoms with Crippen LogP contribution >= 0.6 is 0 Å². The highest BCUT2D eigenvalue weighted by Gasteiger charge is 2.60.